The number of nitrogens with zero attached hydrogens (tertiary/aromatic N) is 4. The molecular formula is C22H18F4N6O2. The summed E-state index contributed by atoms with van der Waals surface area (Å²) in [7, 11) is 0. The molecule has 0 radical (unpaired) electrons. The highest BCUT2D eigenvalue weighted by Gasteiger charge is 2.32. The van der Waals surface area contributed by atoms with Crippen LogP contribution in [0.5, 0.6) is 0 Å². The van der Waals surface area contributed by atoms with Crippen LogP contribution < -0.4 is 11.1 Å². The third-order valence-electron chi connectivity index (χ3n) is 5.16. The Morgan fingerprint density at radius 2 is 1.88 bits per heavy atom. The Labute approximate surface area is 190 Å². The van der Waals surface area contributed by atoms with Gasteiger partial charge in [0.1, 0.15) is 23.2 Å². The van der Waals surface area contributed by atoms with Crippen molar-refractivity contribution in [3.8, 4) is 5.69 Å². The van der Waals surface area contributed by atoms with Crippen molar-refractivity contribution in [2.24, 2.45) is 0 Å². The minimum atomic E-state index is -4.83. The molecule has 34 heavy (non-hydrogen) atoms. The molecule has 1 unspecified atom stereocenters. The molecule has 0 saturated carbocycles. The van der Waals surface area contributed by atoms with E-state index in [1.807, 2.05) is 0 Å². The first-order chi connectivity index (χ1) is 16.0. The topological polar surface area (TPSA) is 119 Å². The van der Waals surface area contributed by atoms with Crippen LogP contribution in [0, 0.1) is 19.7 Å². The van der Waals surface area contributed by atoms with Crippen LogP contribution in [-0.2, 0) is 11.0 Å². The number of hydrogen-bond donors (Lipinski definition) is 3. The van der Waals surface area contributed by atoms with E-state index in [1.54, 1.807) is 30.7 Å². The first kappa shape index (κ1) is 23.1. The lowest BCUT2D eigenvalue weighted by Crippen LogP contribution is -2.21. The second kappa shape index (κ2) is 8.37. The summed E-state index contributed by atoms with van der Waals surface area (Å²) in [6.07, 6.45) is -5.51. The molecule has 0 aliphatic heterocycles. The number of rotatable bonds is 4. The van der Waals surface area contributed by atoms with Gasteiger partial charge in [-0.25, -0.2) is 19.0 Å². The Morgan fingerprint density at radius 3 is 2.56 bits per heavy atom. The smallest absolute Gasteiger partial charge is 0.382 e. The number of hydrogen-bond acceptors (Lipinski definition) is 6. The summed E-state index contributed by atoms with van der Waals surface area (Å²) in [6.45, 7) is 3.51. The average Bonchev–Trinajstić information content (AvgIpc) is 3.10. The zero-order valence-corrected chi connectivity index (χ0v) is 17.9. The third kappa shape index (κ3) is 4.27. The highest BCUT2D eigenvalue weighted by atomic mass is 19.4. The number of carbonyl (C=O) groups excluding carboxylic acids is 1. The van der Waals surface area contributed by atoms with Crippen molar-refractivity contribution in [1.29, 1.82) is 0 Å². The molecule has 0 bridgehead atoms. The Bertz CT molecular complexity index is 1420. The molecule has 2 heterocycles. The number of nitrogen functional groups attached to an aromatic ring is 1. The fraction of sp³-hybridized carbons (Fsp3) is 0.182. The molecule has 12 heteroatoms. The average molecular weight is 474 g/mol. The predicted octanol–water partition coefficient (Wildman–Crippen LogP) is 3.84. The molecule has 0 aliphatic rings. The van der Waals surface area contributed by atoms with Gasteiger partial charge in [0.15, 0.2) is 11.9 Å². The number of nitrogens with two attached hydrogens (primary N) is 1. The van der Waals surface area contributed by atoms with Gasteiger partial charge in [0.2, 0.25) is 0 Å². The molecule has 0 spiro atoms. The molecule has 4 N–H and O–H groups in total. The number of aliphatic hydroxyl groups excluding tert-OH is 1. The summed E-state index contributed by atoms with van der Waals surface area (Å²) in [5.41, 5.74) is 7.45. The van der Waals surface area contributed by atoms with E-state index in [-0.39, 0.29) is 17.6 Å². The minimum Gasteiger partial charge on any atom is -0.382 e. The Morgan fingerprint density at radius 1 is 1.15 bits per heavy atom. The molecule has 176 valence electrons. The quantitative estimate of drug-likeness (QED) is 0.387. The maximum absolute atomic E-state index is 13.6. The van der Waals surface area contributed by atoms with Crippen LogP contribution in [0.2, 0.25) is 0 Å². The van der Waals surface area contributed by atoms with E-state index < -0.39 is 35.1 Å². The van der Waals surface area contributed by atoms with Crippen LogP contribution in [0.15, 0.2) is 42.7 Å². The minimum absolute atomic E-state index is 0.235. The number of aryl methyl sites for hydroxylation is 2. The van der Waals surface area contributed by atoms with E-state index in [0.29, 0.717) is 40.1 Å². The number of aliphatic hydroxyl groups is 1. The van der Waals surface area contributed by atoms with E-state index in [0.717, 1.165) is 0 Å². The second-order valence-corrected chi connectivity index (χ2v) is 7.62. The predicted molar refractivity (Wildman–Crippen MR) is 116 cm³/mol. The Balaban J connectivity index is 1.61. The van der Waals surface area contributed by atoms with Crippen molar-refractivity contribution in [2.75, 3.05) is 11.1 Å². The van der Waals surface area contributed by atoms with Crippen LogP contribution in [-0.4, -0.2) is 30.8 Å². The van der Waals surface area contributed by atoms with Gasteiger partial charge in [-0.05, 0) is 61.4 Å². The number of fused-ring (bicyclic) bond motifs is 1. The summed E-state index contributed by atoms with van der Waals surface area (Å²) >= 11 is 0. The van der Waals surface area contributed by atoms with E-state index in [1.165, 1.54) is 12.4 Å². The van der Waals surface area contributed by atoms with Gasteiger partial charge in [-0.15, -0.1) is 0 Å². The van der Waals surface area contributed by atoms with Gasteiger partial charge in [0.05, 0.1) is 16.9 Å². The van der Waals surface area contributed by atoms with Crippen LogP contribution in [0.3, 0.4) is 0 Å². The molecule has 2 aromatic carbocycles. The van der Waals surface area contributed by atoms with Crippen LogP contribution in [0.4, 0.5) is 29.1 Å². The summed E-state index contributed by atoms with van der Waals surface area (Å²) in [4.78, 5) is 20.6. The molecule has 4 rings (SSSR count). The van der Waals surface area contributed by atoms with Crippen molar-refractivity contribution in [1.82, 2.24) is 19.7 Å². The summed E-state index contributed by atoms with van der Waals surface area (Å²) in [5, 5.41) is 17.1. The fourth-order valence-corrected chi connectivity index (χ4v) is 3.55. The zero-order valence-electron chi connectivity index (χ0n) is 17.9. The molecule has 1 atom stereocenters. The fourth-order valence-electron chi connectivity index (χ4n) is 3.55. The van der Waals surface area contributed by atoms with Crippen molar-refractivity contribution in [3.63, 3.8) is 0 Å². The second-order valence-electron chi connectivity index (χ2n) is 7.62. The molecule has 0 saturated heterocycles. The lowest BCUT2D eigenvalue weighted by Gasteiger charge is -2.15. The summed E-state index contributed by atoms with van der Waals surface area (Å²) in [6, 6.07) is 6.22. The normalized spacial score (nSPS) is 12.7. The third-order valence-corrected chi connectivity index (χ3v) is 5.16. The zero-order chi connectivity index (χ0) is 24.8. The molecule has 0 fully saturated rings. The van der Waals surface area contributed by atoms with Crippen LogP contribution >= 0.6 is 0 Å². The molecule has 1 amide bonds. The molecule has 8 nitrogen and oxygen atoms in total. The number of anilines is 2. The monoisotopic (exact) mass is 474 g/mol. The number of amides is 1. The van der Waals surface area contributed by atoms with E-state index in [2.05, 4.69) is 20.4 Å². The van der Waals surface area contributed by atoms with Gasteiger partial charge in [-0.3, -0.25) is 4.79 Å². The highest BCUT2D eigenvalue weighted by molar-refractivity contribution is 5.95. The van der Waals surface area contributed by atoms with E-state index >= 15 is 0 Å². The van der Waals surface area contributed by atoms with Crippen molar-refractivity contribution in [3.05, 3.63) is 70.9 Å². The van der Waals surface area contributed by atoms with Crippen molar-refractivity contribution >= 4 is 28.4 Å². The number of aromatic nitrogens is 4. The number of carbonyl (C=O) groups is 1. The standard InChI is InChI=1S/C22H18F4N6O2/c1-10-5-15(3-4-16(10)32-18-17(11(2)31-32)28-9-29-20(18)27)30-21(34)19(33)12-6-13(22(24,25)26)8-14(23)7-12/h3-9,19,33H,1-2H3,(H,30,34)(H2,27,28,29). The van der Waals surface area contributed by atoms with Crippen LogP contribution in [0.1, 0.15) is 28.5 Å². The highest BCUT2D eigenvalue weighted by Crippen LogP contribution is 2.32. The van der Waals surface area contributed by atoms with E-state index in [4.69, 9.17) is 5.73 Å². The first-order valence-electron chi connectivity index (χ1n) is 9.89. The number of benzene rings is 2. The SMILES string of the molecule is Cc1cc(NC(=O)C(O)c2cc(F)cc(C(F)(F)F)c2)ccc1-n1nc(C)c2ncnc(N)c21. The number of alkyl halides is 3. The van der Waals surface area contributed by atoms with Crippen LogP contribution in [0.25, 0.3) is 16.7 Å². The van der Waals surface area contributed by atoms with Gasteiger partial charge >= 0.3 is 6.18 Å². The van der Waals surface area contributed by atoms with Gasteiger partial charge in [-0.1, -0.05) is 0 Å². The first-order valence-corrected chi connectivity index (χ1v) is 9.89. The molecule has 2 aromatic heterocycles. The van der Waals surface area contributed by atoms with E-state index in [9.17, 15) is 27.5 Å². The van der Waals surface area contributed by atoms with Gasteiger partial charge < -0.3 is 16.2 Å². The summed E-state index contributed by atoms with van der Waals surface area (Å²) < 4.78 is 54.0. The molecule has 0 aliphatic carbocycles. The molecule has 4 aromatic rings. The summed E-state index contributed by atoms with van der Waals surface area (Å²) in [5.74, 6) is -2.01. The number of halogens is 4. The number of nitrogens with one attached hydrogen (secondary N) is 1. The Kier molecular flexibility index (Phi) is 5.69. The lowest BCUT2D eigenvalue weighted by atomic mass is 10.0. The van der Waals surface area contributed by atoms with Gasteiger partial charge in [-0.2, -0.15) is 18.3 Å². The lowest BCUT2D eigenvalue weighted by molar-refractivity contribution is -0.138. The maximum atomic E-state index is 13.6. The Hall–Kier alpha value is -4.06. The van der Waals surface area contributed by atoms with Crippen molar-refractivity contribution in [2.45, 2.75) is 26.1 Å². The van der Waals surface area contributed by atoms with Gasteiger partial charge in [0, 0.05) is 5.69 Å². The largest absolute Gasteiger partial charge is 0.416 e. The van der Waals surface area contributed by atoms with Gasteiger partial charge in [0.25, 0.3) is 5.91 Å². The van der Waals surface area contributed by atoms with Crippen molar-refractivity contribution < 1.29 is 27.5 Å². The molecular weight excluding hydrogens is 456 g/mol. The maximum Gasteiger partial charge on any atom is 0.416 e.